The number of hydrogen-bond donors (Lipinski definition) is 1. The van der Waals surface area contributed by atoms with E-state index in [2.05, 4.69) is 24.1 Å². The van der Waals surface area contributed by atoms with Gasteiger partial charge in [0.1, 0.15) is 0 Å². The van der Waals surface area contributed by atoms with Crippen molar-refractivity contribution < 1.29 is 0 Å². The Balaban J connectivity index is 2.03. The van der Waals surface area contributed by atoms with Gasteiger partial charge in [0, 0.05) is 35.2 Å². The summed E-state index contributed by atoms with van der Waals surface area (Å²) in [5.41, 5.74) is 0.968. The van der Waals surface area contributed by atoms with Crippen LogP contribution in [0.25, 0.3) is 4.96 Å². The molecule has 0 aliphatic carbocycles. The molecule has 0 spiro atoms. The molecule has 0 bridgehead atoms. The number of halogens is 1. The second kappa shape index (κ2) is 4.35. The van der Waals surface area contributed by atoms with Gasteiger partial charge in [0.05, 0.1) is 5.69 Å². The van der Waals surface area contributed by atoms with Crippen molar-refractivity contribution in [3.05, 3.63) is 23.5 Å². The van der Waals surface area contributed by atoms with Gasteiger partial charge in [0.25, 0.3) is 0 Å². The first-order valence-corrected chi connectivity index (χ1v) is 6.61. The number of alkyl halides is 1. The van der Waals surface area contributed by atoms with Gasteiger partial charge in [0.2, 0.25) is 0 Å². The van der Waals surface area contributed by atoms with Gasteiger partial charge < -0.3 is 5.32 Å². The molecule has 0 saturated heterocycles. The average molecular weight is 258 g/mol. The van der Waals surface area contributed by atoms with E-state index in [4.69, 9.17) is 11.6 Å². The minimum Gasteiger partial charge on any atom is -0.305 e. The second-order valence-electron chi connectivity index (χ2n) is 4.52. The summed E-state index contributed by atoms with van der Waals surface area (Å²) < 4.78 is 2.04. The molecule has 5 heteroatoms. The van der Waals surface area contributed by atoms with Crippen molar-refractivity contribution >= 4 is 27.9 Å². The number of nitrogens with one attached hydrogen (secondary N) is 1. The lowest BCUT2D eigenvalue weighted by Crippen LogP contribution is -2.45. The van der Waals surface area contributed by atoms with Crippen LogP contribution in [0.5, 0.6) is 0 Å². The summed E-state index contributed by atoms with van der Waals surface area (Å²) in [7, 11) is 0. The van der Waals surface area contributed by atoms with E-state index in [-0.39, 0.29) is 10.9 Å². The van der Waals surface area contributed by atoms with Crippen LogP contribution in [0.4, 0.5) is 0 Å². The molecular formula is C11H16ClN3S. The topological polar surface area (TPSA) is 29.3 Å². The molecule has 88 valence electrons. The summed E-state index contributed by atoms with van der Waals surface area (Å²) in [5.74, 6) is 0. The summed E-state index contributed by atoms with van der Waals surface area (Å²) in [6.07, 6.45) is 4.07. The Kier molecular flexibility index (Phi) is 3.24. The maximum atomic E-state index is 6.11. The van der Waals surface area contributed by atoms with E-state index >= 15 is 0 Å². The number of hydrogen-bond acceptors (Lipinski definition) is 3. The number of aromatic nitrogens is 2. The van der Waals surface area contributed by atoms with Crippen LogP contribution in [-0.4, -0.2) is 20.3 Å². The van der Waals surface area contributed by atoms with Crippen LogP contribution in [0.2, 0.25) is 0 Å². The molecule has 16 heavy (non-hydrogen) atoms. The molecule has 0 amide bonds. The zero-order chi connectivity index (χ0) is 11.8. The van der Waals surface area contributed by atoms with E-state index in [1.807, 2.05) is 29.1 Å². The third-order valence-corrected chi connectivity index (χ3v) is 4.18. The zero-order valence-corrected chi connectivity index (χ0v) is 11.3. The Morgan fingerprint density at radius 3 is 3.00 bits per heavy atom. The Morgan fingerprint density at radius 2 is 2.38 bits per heavy atom. The smallest absolute Gasteiger partial charge is 0.193 e. The van der Waals surface area contributed by atoms with Crippen molar-refractivity contribution in [3.63, 3.8) is 0 Å². The lowest BCUT2D eigenvalue weighted by molar-refractivity contribution is 0.378. The van der Waals surface area contributed by atoms with Crippen LogP contribution in [0.3, 0.4) is 0 Å². The minimum atomic E-state index is -0.0847. The van der Waals surface area contributed by atoms with Crippen LogP contribution in [-0.2, 0) is 6.54 Å². The standard InChI is InChI=1S/C11H16ClN3S/c1-8(12)11(2,3)13-6-9-7-15-4-5-16-10(15)14-9/h4-5,7-8,13H,6H2,1-3H3. The van der Waals surface area contributed by atoms with Gasteiger partial charge in [0.15, 0.2) is 4.96 Å². The van der Waals surface area contributed by atoms with Gasteiger partial charge in [-0.3, -0.25) is 4.40 Å². The molecule has 2 aromatic heterocycles. The van der Waals surface area contributed by atoms with E-state index in [9.17, 15) is 0 Å². The van der Waals surface area contributed by atoms with Gasteiger partial charge in [-0.15, -0.1) is 22.9 Å². The molecule has 0 radical (unpaired) electrons. The van der Waals surface area contributed by atoms with E-state index < -0.39 is 0 Å². The van der Waals surface area contributed by atoms with E-state index in [1.165, 1.54) is 0 Å². The third-order valence-electron chi connectivity index (χ3n) is 2.86. The Labute approximate surface area is 104 Å². The first-order chi connectivity index (χ1) is 7.49. The van der Waals surface area contributed by atoms with E-state index in [0.29, 0.717) is 0 Å². The molecule has 2 heterocycles. The largest absolute Gasteiger partial charge is 0.305 e. The highest BCUT2D eigenvalue weighted by molar-refractivity contribution is 7.15. The fraction of sp³-hybridized carbons (Fsp3) is 0.545. The van der Waals surface area contributed by atoms with Crippen molar-refractivity contribution in [1.29, 1.82) is 0 Å². The van der Waals surface area contributed by atoms with Gasteiger partial charge in [-0.1, -0.05) is 0 Å². The quantitative estimate of drug-likeness (QED) is 0.854. The highest BCUT2D eigenvalue weighted by atomic mass is 35.5. The molecule has 1 N–H and O–H groups in total. The fourth-order valence-corrected chi connectivity index (χ4v) is 2.12. The van der Waals surface area contributed by atoms with E-state index in [1.54, 1.807) is 11.3 Å². The first-order valence-electron chi connectivity index (χ1n) is 5.29. The molecule has 0 aliphatic heterocycles. The molecule has 2 rings (SSSR count). The number of nitrogens with zero attached hydrogens (tertiary/aromatic N) is 2. The third kappa shape index (κ3) is 2.39. The normalized spacial score (nSPS) is 14.5. The Bertz CT molecular complexity index is 444. The SMILES string of the molecule is CC(Cl)C(C)(C)NCc1cn2ccsc2n1. The van der Waals surface area contributed by atoms with Crippen LogP contribution in [0, 0.1) is 0 Å². The summed E-state index contributed by atoms with van der Waals surface area (Å²) in [6, 6.07) is 0. The van der Waals surface area contributed by atoms with Gasteiger partial charge in [-0.2, -0.15) is 0 Å². The number of fused-ring (bicyclic) bond motifs is 1. The first kappa shape index (κ1) is 11.9. The van der Waals surface area contributed by atoms with Gasteiger partial charge >= 0.3 is 0 Å². The average Bonchev–Trinajstić information content (AvgIpc) is 2.73. The minimum absolute atomic E-state index is 0.0798. The molecule has 3 nitrogen and oxygen atoms in total. The molecule has 0 saturated carbocycles. The predicted molar refractivity (Wildman–Crippen MR) is 69.3 cm³/mol. The van der Waals surface area contributed by atoms with Gasteiger partial charge in [-0.05, 0) is 20.8 Å². The molecule has 1 unspecified atom stereocenters. The highest BCUT2D eigenvalue weighted by Gasteiger charge is 2.23. The number of imidazole rings is 1. The summed E-state index contributed by atoms with van der Waals surface area (Å²) in [4.78, 5) is 5.55. The molecule has 0 aliphatic rings. The van der Waals surface area contributed by atoms with Crippen molar-refractivity contribution in [1.82, 2.24) is 14.7 Å². The number of thiazole rings is 1. The fourth-order valence-electron chi connectivity index (χ4n) is 1.32. The Hall–Kier alpha value is -0.580. The van der Waals surface area contributed by atoms with Crippen molar-refractivity contribution in [2.45, 2.75) is 38.2 Å². The van der Waals surface area contributed by atoms with Crippen LogP contribution >= 0.6 is 22.9 Å². The van der Waals surface area contributed by atoms with E-state index in [0.717, 1.165) is 17.2 Å². The number of rotatable bonds is 4. The Morgan fingerprint density at radius 1 is 1.62 bits per heavy atom. The van der Waals surface area contributed by atoms with Crippen LogP contribution in [0.15, 0.2) is 17.8 Å². The molecule has 1 atom stereocenters. The summed E-state index contributed by atoms with van der Waals surface area (Å²) >= 11 is 7.75. The van der Waals surface area contributed by atoms with Crippen LogP contribution in [0.1, 0.15) is 26.5 Å². The predicted octanol–water partition coefficient (Wildman–Crippen LogP) is 2.89. The maximum absolute atomic E-state index is 6.11. The summed E-state index contributed by atoms with van der Waals surface area (Å²) in [6.45, 7) is 6.95. The monoisotopic (exact) mass is 257 g/mol. The molecule has 2 aromatic rings. The van der Waals surface area contributed by atoms with Crippen molar-refractivity contribution in [2.24, 2.45) is 0 Å². The lowest BCUT2D eigenvalue weighted by Gasteiger charge is -2.28. The summed E-state index contributed by atoms with van der Waals surface area (Å²) in [5, 5.41) is 5.53. The second-order valence-corrected chi connectivity index (χ2v) is 6.04. The van der Waals surface area contributed by atoms with Gasteiger partial charge in [-0.25, -0.2) is 4.98 Å². The highest BCUT2D eigenvalue weighted by Crippen LogP contribution is 2.16. The lowest BCUT2D eigenvalue weighted by atomic mass is 10.0. The van der Waals surface area contributed by atoms with Crippen molar-refractivity contribution in [3.8, 4) is 0 Å². The maximum Gasteiger partial charge on any atom is 0.193 e. The van der Waals surface area contributed by atoms with Crippen molar-refractivity contribution in [2.75, 3.05) is 0 Å². The molecular weight excluding hydrogens is 242 g/mol. The molecule has 0 fully saturated rings. The molecule has 0 aromatic carbocycles. The zero-order valence-electron chi connectivity index (χ0n) is 9.70. The van der Waals surface area contributed by atoms with Crippen LogP contribution < -0.4 is 5.32 Å².